The van der Waals surface area contributed by atoms with Crippen LogP contribution in [0.1, 0.15) is 64.5 Å². The predicted molar refractivity (Wildman–Crippen MR) is 192 cm³/mol. The minimum Gasteiger partial charge on any atom is -0.452 e. The van der Waals surface area contributed by atoms with Gasteiger partial charge in [-0.1, -0.05) is 88.4 Å². The lowest BCUT2D eigenvalue weighted by atomic mass is 9.97. The van der Waals surface area contributed by atoms with Gasteiger partial charge in [0, 0.05) is 40.0 Å². The van der Waals surface area contributed by atoms with E-state index >= 15 is 0 Å². The standard InChI is InChI=1S/C39H53N5O7/c1-25(2)22-32-38(49)44-21-13-18-30(44)36(47)41-29(23-27-14-9-7-10-15-27)37(48)43(6)34(26(3)4)39(50)42(5)31(24-28-16-11-8-12-17-28)35(46)40-20-19-33(45)51-32/h7-12,14-17,25-26,29-32,34H,13,18-24H2,1-6H3,(H,40,46)(H,41,47)/t29-,30-,31-,32-,34-/m0/s1. The number of ether oxygens (including phenoxy) is 1. The summed E-state index contributed by atoms with van der Waals surface area (Å²) >= 11 is 0. The summed E-state index contributed by atoms with van der Waals surface area (Å²) in [7, 11) is 3.09. The third-order valence-electron chi connectivity index (χ3n) is 9.64. The number of hydrogen-bond donors (Lipinski definition) is 2. The quantitative estimate of drug-likeness (QED) is 0.422. The topological polar surface area (TPSA) is 145 Å². The number of nitrogens with one attached hydrogen (secondary N) is 2. The first-order valence-electron chi connectivity index (χ1n) is 18.0. The van der Waals surface area contributed by atoms with Crippen molar-refractivity contribution < 1.29 is 33.5 Å². The first kappa shape index (κ1) is 39.1. The number of amides is 5. The number of benzene rings is 2. The maximum absolute atomic E-state index is 14.4. The molecule has 0 unspecified atom stereocenters. The molecule has 0 spiro atoms. The summed E-state index contributed by atoms with van der Waals surface area (Å²) in [5.74, 6) is -3.35. The largest absolute Gasteiger partial charge is 0.452 e. The maximum Gasteiger partial charge on any atom is 0.308 e. The molecule has 2 saturated heterocycles. The van der Waals surface area contributed by atoms with Gasteiger partial charge >= 0.3 is 5.97 Å². The Labute approximate surface area is 301 Å². The van der Waals surface area contributed by atoms with Crippen molar-refractivity contribution in [3.8, 4) is 0 Å². The van der Waals surface area contributed by atoms with Gasteiger partial charge in [-0.3, -0.25) is 28.8 Å². The molecular formula is C39H53N5O7. The zero-order chi connectivity index (χ0) is 37.2. The van der Waals surface area contributed by atoms with Gasteiger partial charge in [-0.25, -0.2) is 0 Å². The zero-order valence-corrected chi connectivity index (χ0v) is 30.7. The van der Waals surface area contributed by atoms with Crippen LogP contribution in [-0.2, 0) is 46.3 Å². The van der Waals surface area contributed by atoms with Gasteiger partial charge in [0.15, 0.2) is 6.10 Å². The SMILES string of the molecule is CC(C)C[C@@H]1OC(=O)CCNC(=O)[C@H](Cc2ccccc2)N(C)C(=O)[C@H](C(C)C)N(C)C(=O)[C@H](Cc2ccccc2)NC(=O)[C@@H]2CCCN2C1=O. The lowest BCUT2D eigenvalue weighted by Gasteiger charge is -2.38. The van der Waals surface area contributed by atoms with Crippen LogP contribution < -0.4 is 10.6 Å². The van der Waals surface area contributed by atoms with Gasteiger partial charge in [0.1, 0.15) is 24.2 Å². The van der Waals surface area contributed by atoms with Gasteiger partial charge in [0.25, 0.3) is 5.91 Å². The van der Waals surface area contributed by atoms with E-state index in [1.165, 1.54) is 14.7 Å². The van der Waals surface area contributed by atoms with Crippen molar-refractivity contribution in [2.75, 3.05) is 27.2 Å². The summed E-state index contributed by atoms with van der Waals surface area (Å²) in [6, 6.07) is 14.7. The molecule has 12 nitrogen and oxygen atoms in total. The molecule has 0 aliphatic carbocycles. The summed E-state index contributed by atoms with van der Waals surface area (Å²) in [6.45, 7) is 7.71. The van der Waals surface area contributed by atoms with Crippen molar-refractivity contribution in [1.82, 2.24) is 25.3 Å². The molecular weight excluding hydrogens is 650 g/mol. The second-order valence-electron chi connectivity index (χ2n) is 14.4. The summed E-state index contributed by atoms with van der Waals surface area (Å²) in [4.78, 5) is 87.8. The first-order valence-corrected chi connectivity index (χ1v) is 18.0. The summed E-state index contributed by atoms with van der Waals surface area (Å²) < 4.78 is 5.71. The van der Waals surface area contributed by atoms with Crippen LogP contribution in [0.25, 0.3) is 0 Å². The van der Waals surface area contributed by atoms with Crippen molar-refractivity contribution in [2.24, 2.45) is 11.8 Å². The van der Waals surface area contributed by atoms with Gasteiger partial charge in [0.05, 0.1) is 6.42 Å². The second kappa shape index (κ2) is 18.0. The number of fused-ring (bicyclic) bond motifs is 1. The van der Waals surface area contributed by atoms with E-state index in [9.17, 15) is 28.8 Å². The summed E-state index contributed by atoms with van der Waals surface area (Å²) in [5, 5.41) is 5.72. The van der Waals surface area contributed by atoms with E-state index in [2.05, 4.69) is 10.6 Å². The van der Waals surface area contributed by atoms with E-state index in [0.29, 0.717) is 19.4 Å². The highest BCUT2D eigenvalue weighted by Gasteiger charge is 2.42. The molecule has 0 bridgehead atoms. The first-order chi connectivity index (χ1) is 24.3. The molecule has 2 aromatic rings. The monoisotopic (exact) mass is 703 g/mol. The Kier molecular flexibility index (Phi) is 13.8. The fourth-order valence-corrected chi connectivity index (χ4v) is 6.94. The fraction of sp³-hybridized carbons (Fsp3) is 0.538. The highest BCUT2D eigenvalue weighted by atomic mass is 16.5. The lowest BCUT2D eigenvalue weighted by molar-refractivity contribution is -0.162. The molecule has 2 aromatic carbocycles. The molecule has 2 N–H and O–H groups in total. The average molecular weight is 704 g/mol. The molecule has 2 fully saturated rings. The van der Waals surface area contributed by atoms with Gasteiger partial charge in [0.2, 0.25) is 23.6 Å². The number of cyclic esters (lactones) is 1. The Balaban J connectivity index is 1.75. The van der Waals surface area contributed by atoms with E-state index in [0.717, 1.165) is 11.1 Å². The number of esters is 1. The fourth-order valence-electron chi connectivity index (χ4n) is 6.94. The van der Waals surface area contributed by atoms with Gasteiger partial charge in [-0.05, 0) is 42.2 Å². The van der Waals surface area contributed by atoms with Crippen LogP contribution in [-0.4, -0.2) is 108 Å². The average Bonchev–Trinajstić information content (AvgIpc) is 3.59. The molecule has 276 valence electrons. The number of rotatable bonds is 7. The Morgan fingerprint density at radius 2 is 1.37 bits per heavy atom. The molecule has 2 heterocycles. The molecule has 2 aliphatic rings. The molecule has 4 rings (SSSR count). The van der Waals surface area contributed by atoms with Gasteiger partial charge < -0.3 is 30.1 Å². The van der Waals surface area contributed by atoms with Crippen LogP contribution in [0.4, 0.5) is 0 Å². The Morgan fingerprint density at radius 3 is 1.96 bits per heavy atom. The Hall–Kier alpha value is -4.74. The maximum atomic E-state index is 14.4. The summed E-state index contributed by atoms with van der Waals surface area (Å²) in [6.07, 6.45) is 0.238. The van der Waals surface area contributed by atoms with Crippen LogP contribution in [0.5, 0.6) is 0 Å². The Morgan fingerprint density at radius 1 is 0.765 bits per heavy atom. The lowest BCUT2D eigenvalue weighted by Crippen LogP contribution is -2.60. The predicted octanol–water partition coefficient (Wildman–Crippen LogP) is 2.74. The second-order valence-corrected chi connectivity index (χ2v) is 14.4. The van der Waals surface area contributed by atoms with Crippen LogP contribution in [0, 0.1) is 11.8 Å². The highest BCUT2D eigenvalue weighted by Crippen LogP contribution is 2.24. The van der Waals surface area contributed by atoms with Crippen molar-refractivity contribution in [2.45, 2.75) is 96.5 Å². The molecule has 5 atom stereocenters. The number of hydrogen-bond acceptors (Lipinski definition) is 7. The number of carbonyl (C=O) groups is 6. The van der Waals surface area contributed by atoms with Crippen molar-refractivity contribution >= 4 is 35.5 Å². The van der Waals surface area contributed by atoms with Crippen molar-refractivity contribution in [1.29, 1.82) is 0 Å². The van der Waals surface area contributed by atoms with E-state index in [1.807, 2.05) is 88.4 Å². The molecule has 0 radical (unpaired) electrons. The smallest absolute Gasteiger partial charge is 0.308 e. The minimum atomic E-state index is -1.11. The van der Waals surface area contributed by atoms with E-state index in [4.69, 9.17) is 4.74 Å². The number of likely N-dealkylation sites (N-methyl/N-ethyl adjacent to an activating group) is 2. The third kappa shape index (κ3) is 10.2. The van der Waals surface area contributed by atoms with Crippen LogP contribution in [0.2, 0.25) is 0 Å². The molecule has 51 heavy (non-hydrogen) atoms. The van der Waals surface area contributed by atoms with Crippen molar-refractivity contribution in [3.05, 3.63) is 71.8 Å². The minimum absolute atomic E-state index is 0.00655. The molecule has 12 heteroatoms. The molecule has 0 saturated carbocycles. The molecule has 0 aromatic heterocycles. The van der Waals surface area contributed by atoms with Crippen LogP contribution >= 0.6 is 0 Å². The van der Waals surface area contributed by atoms with Crippen LogP contribution in [0.15, 0.2) is 60.7 Å². The molecule has 5 amide bonds. The van der Waals surface area contributed by atoms with E-state index in [1.54, 1.807) is 14.1 Å². The van der Waals surface area contributed by atoms with Gasteiger partial charge in [-0.2, -0.15) is 0 Å². The third-order valence-corrected chi connectivity index (χ3v) is 9.64. The van der Waals surface area contributed by atoms with E-state index < -0.39 is 65.8 Å². The number of nitrogens with zero attached hydrogens (tertiary/aromatic N) is 3. The summed E-state index contributed by atoms with van der Waals surface area (Å²) in [5.41, 5.74) is 1.62. The zero-order valence-electron chi connectivity index (χ0n) is 30.7. The van der Waals surface area contributed by atoms with Crippen LogP contribution in [0.3, 0.4) is 0 Å². The highest BCUT2D eigenvalue weighted by molar-refractivity contribution is 5.96. The normalized spacial score (nSPS) is 24.9. The molecule has 2 aliphatic heterocycles. The number of carbonyl (C=O) groups excluding carboxylic acids is 6. The van der Waals surface area contributed by atoms with E-state index in [-0.39, 0.29) is 44.1 Å². The van der Waals surface area contributed by atoms with Crippen molar-refractivity contribution in [3.63, 3.8) is 0 Å². The Bertz CT molecular complexity index is 1530. The van der Waals surface area contributed by atoms with Gasteiger partial charge in [-0.15, -0.1) is 0 Å².